The molecular weight excluding hydrogens is 490 g/mol. The first-order valence-electron chi connectivity index (χ1n) is 11.9. The lowest BCUT2D eigenvalue weighted by Gasteiger charge is -2.28. The van der Waals surface area contributed by atoms with Gasteiger partial charge in [0.2, 0.25) is 5.78 Å². The zero-order valence-corrected chi connectivity index (χ0v) is 20.6. The molecule has 1 aromatic heterocycles. The van der Waals surface area contributed by atoms with Gasteiger partial charge in [-0.1, -0.05) is 24.3 Å². The minimum Gasteiger partial charge on any atom is -0.503 e. The molecule has 1 unspecified atom stereocenters. The summed E-state index contributed by atoms with van der Waals surface area (Å²) in [4.78, 5) is 28.8. The number of nitrogens with zero attached hydrogens (tertiary/aromatic N) is 1. The topological polar surface area (TPSA) is 108 Å². The average molecular weight is 514 g/mol. The Morgan fingerprint density at radius 2 is 1.71 bits per heavy atom. The van der Waals surface area contributed by atoms with Crippen molar-refractivity contribution in [2.45, 2.75) is 6.04 Å². The molecule has 9 heteroatoms. The van der Waals surface area contributed by atoms with Gasteiger partial charge in [0.05, 0.1) is 25.8 Å². The summed E-state index contributed by atoms with van der Waals surface area (Å²) in [6.07, 6.45) is 0. The highest BCUT2D eigenvalue weighted by atomic mass is 16.6. The second-order valence-electron chi connectivity index (χ2n) is 8.76. The summed E-state index contributed by atoms with van der Waals surface area (Å²) in [6, 6.07) is 17.9. The molecule has 1 N–H and O–H groups in total. The maximum atomic E-state index is 13.9. The Hall–Kier alpha value is -4.92. The number of anilines is 1. The van der Waals surface area contributed by atoms with Crippen LogP contribution in [0.1, 0.15) is 22.2 Å². The lowest BCUT2D eigenvalue weighted by atomic mass is 9.94. The third kappa shape index (κ3) is 3.71. The van der Waals surface area contributed by atoms with Gasteiger partial charge in [-0.2, -0.15) is 0 Å². The van der Waals surface area contributed by atoms with Crippen molar-refractivity contribution in [2.24, 2.45) is 0 Å². The van der Waals surface area contributed by atoms with Gasteiger partial charge < -0.3 is 28.5 Å². The molecule has 0 spiro atoms. The van der Waals surface area contributed by atoms with Crippen LogP contribution in [0.15, 0.2) is 82.5 Å². The zero-order valence-electron chi connectivity index (χ0n) is 20.6. The molecule has 3 heterocycles. The van der Waals surface area contributed by atoms with Crippen molar-refractivity contribution in [3.05, 3.63) is 89.4 Å². The summed E-state index contributed by atoms with van der Waals surface area (Å²) in [5.74, 6) is 0.0753. The molecule has 1 amide bonds. The Morgan fingerprint density at radius 3 is 2.45 bits per heavy atom. The number of hydrogen-bond donors (Lipinski definition) is 1. The van der Waals surface area contributed by atoms with Crippen LogP contribution in [0.4, 0.5) is 5.69 Å². The number of Topliss-reactive ketones (excluding diaryl/α,β-unsaturated/α-hetero) is 1. The van der Waals surface area contributed by atoms with Crippen molar-refractivity contribution in [3.8, 4) is 23.0 Å². The van der Waals surface area contributed by atoms with Crippen LogP contribution in [0.5, 0.6) is 23.0 Å². The fourth-order valence-corrected chi connectivity index (χ4v) is 4.83. The monoisotopic (exact) mass is 513 g/mol. The van der Waals surface area contributed by atoms with Gasteiger partial charge in [-0.05, 0) is 42.0 Å². The Labute approximate surface area is 217 Å². The van der Waals surface area contributed by atoms with E-state index in [9.17, 15) is 14.7 Å². The molecule has 0 saturated heterocycles. The molecule has 0 saturated carbocycles. The van der Waals surface area contributed by atoms with E-state index in [-0.39, 0.29) is 11.3 Å². The minimum absolute atomic E-state index is 0.0265. The number of fused-ring (bicyclic) bond motifs is 2. The van der Waals surface area contributed by atoms with Gasteiger partial charge in [0, 0.05) is 17.1 Å². The van der Waals surface area contributed by atoms with E-state index in [1.54, 1.807) is 73.8 Å². The lowest BCUT2D eigenvalue weighted by molar-refractivity contribution is -0.117. The van der Waals surface area contributed by atoms with E-state index >= 15 is 0 Å². The molecule has 9 nitrogen and oxygen atoms in total. The number of aliphatic hydroxyl groups excluding tert-OH is 1. The Kier molecular flexibility index (Phi) is 5.68. The van der Waals surface area contributed by atoms with E-state index < -0.39 is 23.5 Å². The second-order valence-corrected chi connectivity index (χ2v) is 8.76. The van der Waals surface area contributed by atoms with Crippen LogP contribution in [0.3, 0.4) is 0 Å². The van der Waals surface area contributed by atoms with E-state index in [2.05, 4.69) is 0 Å². The minimum atomic E-state index is -0.946. The smallest absolute Gasteiger partial charge is 0.294 e. The first kappa shape index (κ1) is 23.5. The van der Waals surface area contributed by atoms with Crippen LogP contribution in [0.2, 0.25) is 0 Å². The van der Waals surface area contributed by atoms with Gasteiger partial charge in [0.15, 0.2) is 34.4 Å². The number of amides is 1. The van der Waals surface area contributed by atoms with Crippen molar-refractivity contribution in [3.63, 3.8) is 0 Å². The average Bonchev–Trinajstić information content (AvgIpc) is 3.51. The molecule has 6 rings (SSSR count). The molecule has 0 fully saturated rings. The van der Waals surface area contributed by atoms with Crippen molar-refractivity contribution in [1.82, 2.24) is 0 Å². The van der Waals surface area contributed by atoms with E-state index in [1.165, 1.54) is 12.0 Å². The highest BCUT2D eigenvalue weighted by molar-refractivity contribution is 6.20. The van der Waals surface area contributed by atoms with E-state index in [1.807, 2.05) is 0 Å². The number of para-hydroxylation sites is 1. The van der Waals surface area contributed by atoms with Crippen molar-refractivity contribution in [1.29, 1.82) is 0 Å². The molecule has 4 aromatic rings. The molecular formula is C29H23NO8. The number of carbonyl (C=O) groups excluding carboxylic acids is 2. The first-order chi connectivity index (χ1) is 18.5. The highest BCUT2D eigenvalue weighted by Crippen LogP contribution is 2.45. The number of ketones is 1. The molecule has 0 bridgehead atoms. The molecule has 192 valence electrons. The van der Waals surface area contributed by atoms with Crippen molar-refractivity contribution < 1.29 is 38.1 Å². The largest absolute Gasteiger partial charge is 0.503 e. The number of aliphatic hydroxyl groups is 1. The maximum Gasteiger partial charge on any atom is 0.294 e. The molecule has 2 aliphatic rings. The summed E-state index contributed by atoms with van der Waals surface area (Å²) in [6.45, 7) is 0.793. The van der Waals surface area contributed by atoms with E-state index in [0.717, 1.165) is 0 Å². The number of methoxy groups -OCH3 is 2. The lowest BCUT2D eigenvalue weighted by Crippen LogP contribution is -2.31. The van der Waals surface area contributed by atoms with Gasteiger partial charge in [0.1, 0.15) is 19.0 Å². The second kappa shape index (κ2) is 9.19. The van der Waals surface area contributed by atoms with Gasteiger partial charge in [-0.25, -0.2) is 0 Å². The predicted molar refractivity (Wildman–Crippen MR) is 137 cm³/mol. The molecule has 3 aromatic carbocycles. The third-order valence-corrected chi connectivity index (χ3v) is 6.64. The number of furan rings is 1. The van der Waals surface area contributed by atoms with Crippen LogP contribution in [0, 0.1) is 0 Å². The van der Waals surface area contributed by atoms with Gasteiger partial charge in [-0.3, -0.25) is 14.5 Å². The van der Waals surface area contributed by atoms with Crippen LogP contribution in [-0.4, -0.2) is 44.2 Å². The predicted octanol–water partition coefficient (Wildman–Crippen LogP) is 5.00. The van der Waals surface area contributed by atoms with Gasteiger partial charge in [-0.15, -0.1) is 0 Å². The molecule has 2 aliphatic heterocycles. The summed E-state index contributed by atoms with van der Waals surface area (Å²) < 4.78 is 27.8. The Bertz CT molecular complexity index is 1600. The van der Waals surface area contributed by atoms with Crippen LogP contribution >= 0.6 is 0 Å². The number of rotatable bonds is 6. The van der Waals surface area contributed by atoms with Crippen molar-refractivity contribution in [2.75, 3.05) is 32.3 Å². The third-order valence-electron chi connectivity index (χ3n) is 6.64. The number of ether oxygens (including phenoxy) is 4. The fraction of sp³-hybridized carbons (Fsp3) is 0.172. The van der Waals surface area contributed by atoms with Crippen LogP contribution in [0.25, 0.3) is 11.0 Å². The molecule has 38 heavy (non-hydrogen) atoms. The Balaban J connectivity index is 1.48. The molecule has 1 atom stereocenters. The SMILES string of the molecule is COc1ccc(C2C(C(=O)c3cc4cccc(OC)c4o3)=C(O)C(=O)N2c2ccc3c(c2)OCCO3)cc1. The van der Waals surface area contributed by atoms with E-state index in [4.69, 9.17) is 23.4 Å². The van der Waals surface area contributed by atoms with Gasteiger partial charge >= 0.3 is 0 Å². The molecule has 0 radical (unpaired) electrons. The molecule has 0 aliphatic carbocycles. The highest BCUT2D eigenvalue weighted by Gasteiger charge is 2.45. The first-order valence-corrected chi connectivity index (χ1v) is 11.9. The maximum absolute atomic E-state index is 13.9. The quantitative estimate of drug-likeness (QED) is 0.359. The van der Waals surface area contributed by atoms with E-state index in [0.29, 0.717) is 58.4 Å². The van der Waals surface area contributed by atoms with Crippen LogP contribution in [-0.2, 0) is 4.79 Å². The summed E-state index contributed by atoms with van der Waals surface area (Å²) in [5, 5.41) is 11.7. The normalized spacial score (nSPS) is 16.7. The Morgan fingerprint density at radius 1 is 0.947 bits per heavy atom. The number of hydrogen-bond acceptors (Lipinski definition) is 8. The fourth-order valence-electron chi connectivity index (χ4n) is 4.83. The summed E-state index contributed by atoms with van der Waals surface area (Å²) >= 11 is 0. The van der Waals surface area contributed by atoms with Gasteiger partial charge in [0.25, 0.3) is 5.91 Å². The van der Waals surface area contributed by atoms with Crippen LogP contribution < -0.4 is 23.8 Å². The summed E-state index contributed by atoms with van der Waals surface area (Å²) in [7, 11) is 3.06. The summed E-state index contributed by atoms with van der Waals surface area (Å²) in [5.41, 5.74) is 1.32. The zero-order chi connectivity index (χ0) is 26.4. The van der Waals surface area contributed by atoms with Crippen molar-refractivity contribution >= 4 is 28.3 Å². The number of carbonyl (C=O) groups is 2. The standard InChI is InChI=1S/C29H23NO8/c1-34-19-9-6-16(7-10-19)25-24(26(31)23-14-17-4-3-5-21(35-2)28(17)38-23)27(32)29(33)30(25)18-8-11-20-22(15-18)37-13-12-36-20/h3-11,14-15,25,32H,12-13H2,1-2H3. The number of benzene rings is 3.